The molecule has 2 rings (SSSR count). The number of anilines is 1. The Morgan fingerprint density at radius 3 is 2.70 bits per heavy atom. The third-order valence-corrected chi connectivity index (χ3v) is 2.42. The maximum atomic E-state index is 12.9. The molecule has 0 spiro atoms. The van der Waals surface area contributed by atoms with Crippen LogP contribution in [0, 0.1) is 5.92 Å². The zero-order chi connectivity index (χ0) is 14.8. The normalized spacial score (nSPS) is 16.4. The van der Waals surface area contributed by atoms with Crippen LogP contribution < -0.4 is 26.1 Å². The lowest BCUT2D eigenvalue weighted by atomic mass is 10.2. The van der Waals surface area contributed by atoms with Gasteiger partial charge in [0.25, 0.3) is 0 Å². The van der Waals surface area contributed by atoms with E-state index in [1.54, 1.807) is 6.07 Å². The van der Waals surface area contributed by atoms with Crippen LogP contribution in [0.5, 0.6) is 11.5 Å². The molecule has 1 heterocycles. The minimum Gasteiger partial charge on any atom is -0.395 e. The molecule has 4 N–H and O–H groups in total. The Labute approximate surface area is 114 Å². The lowest BCUT2D eigenvalue weighted by Crippen LogP contribution is -2.36. The molecule has 1 aromatic rings. The zero-order valence-electron chi connectivity index (χ0n) is 11.1. The monoisotopic (exact) mass is 286 g/mol. The molecule has 0 bridgehead atoms. The van der Waals surface area contributed by atoms with Gasteiger partial charge in [-0.3, -0.25) is 10.4 Å². The molecule has 0 aromatic heterocycles. The van der Waals surface area contributed by atoms with E-state index in [2.05, 4.69) is 25.2 Å². The van der Waals surface area contributed by atoms with Crippen LogP contribution in [-0.2, 0) is 0 Å². The highest BCUT2D eigenvalue weighted by atomic mass is 19.3. The number of rotatable bonds is 3. The summed E-state index contributed by atoms with van der Waals surface area (Å²) in [7, 11) is 0. The van der Waals surface area contributed by atoms with Crippen molar-refractivity contribution in [1.82, 2.24) is 5.43 Å². The number of halogens is 2. The second-order valence-electron chi connectivity index (χ2n) is 4.68. The summed E-state index contributed by atoms with van der Waals surface area (Å²) >= 11 is 0. The Balaban J connectivity index is 2.10. The quantitative estimate of drug-likeness (QED) is 0.342. The van der Waals surface area contributed by atoms with Gasteiger partial charge in [0.2, 0.25) is 5.96 Å². The number of nitrogens with one attached hydrogen (secondary N) is 2. The van der Waals surface area contributed by atoms with E-state index < -0.39 is 6.29 Å². The Bertz CT molecular complexity index is 520. The first kappa shape index (κ1) is 14.3. The van der Waals surface area contributed by atoms with Crippen LogP contribution in [0.4, 0.5) is 14.5 Å². The summed E-state index contributed by atoms with van der Waals surface area (Å²) in [6, 6.07) is 4.33. The smallest absolute Gasteiger partial charge is 0.395 e. The fraction of sp³-hybridized carbons (Fsp3) is 0.417. The van der Waals surface area contributed by atoms with E-state index in [0.29, 0.717) is 24.1 Å². The van der Waals surface area contributed by atoms with Crippen molar-refractivity contribution in [3.05, 3.63) is 18.2 Å². The number of aliphatic imine (C=N–C) groups is 1. The number of hydrogen-bond donors (Lipinski definition) is 3. The number of benzene rings is 1. The van der Waals surface area contributed by atoms with Crippen LogP contribution >= 0.6 is 0 Å². The van der Waals surface area contributed by atoms with Crippen molar-refractivity contribution in [2.24, 2.45) is 16.8 Å². The summed E-state index contributed by atoms with van der Waals surface area (Å²) in [5.74, 6) is 6.00. The molecule has 1 aromatic carbocycles. The Hall–Kier alpha value is -2.09. The summed E-state index contributed by atoms with van der Waals surface area (Å²) in [5, 5.41) is 2.87. The van der Waals surface area contributed by atoms with Gasteiger partial charge in [-0.15, -0.1) is 8.78 Å². The first-order chi connectivity index (χ1) is 9.39. The van der Waals surface area contributed by atoms with Crippen molar-refractivity contribution in [1.29, 1.82) is 0 Å². The van der Waals surface area contributed by atoms with Crippen molar-refractivity contribution < 1.29 is 18.3 Å². The number of ether oxygens (including phenoxy) is 2. The van der Waals surface area contributed by atoms with Gasteiger partial charge in [-0.2, -0.15) is 0 Å². The van der Waals surface area contributed by atoms with E-state index in [0.717, 1.165) is 0 Å². The van der Waals surface area contributed by atoms with E-state index in [-0.39, 0.29) is 11.5 Å². The molecule has 0 atom stereocenters. The van der Waals surface area contributed by atoms with Gasteiger partial charge in [-0.1, -0.05) is 13.8 Å². The zero-order valence-corrected chi connectivity index (χ0v) is 11.1. The van der Waals surface area contributed by atoms with E-state index in [1.165, 1.54) is 12.1 Å². The minimum absolute atomic E-state index is 0.0121. The van der Waals surface area contributed by atoms with Crippen molar-refractivity contribution in [2.75, 3.05) is 11.9 Å². The van der Waals surface area contributed by atoms with Crippen molar-refractivity contribution in [3.8, 4) is 11.5 Å². The highest BCUT2D eigenvalue weighted by molar-refractivity contribution is 5.93. The molecule has 0 radical (unpaired) electrons. The molecule has 0 fully saturated rings. The lowest BCUT2D eigenvalue weighted by molar-refractivity contribution is -0.286. The van der Waals surface area contributed by atoms with E-state index in [1.807, 2.05) is 13.8 Å². The number of fused-ring (bicyclic) bond motifs is 1. The van der Waals surface area contributed by atoms with Crippen LogP contribution in [-0.4, -0.2) is 18.8 Å². The third kappa shape index (κ3) is 3.47. The number of guanidine groups is 1. The molecule has 0 saturated heterocycles. The van der Waals surface area contributed by atoms with Gasteiger partial charge in [-0.05, 0) is 18.1 Å². The summed E-state index contributed by atoms with van der Waals surface area (Å²) in [4.78, 5) is 4.21. The van der Waals surface area contributed by atoms with Crippen LogP contribution in [0.2, 0.25) is 0 Å². The molecule has 6 nitrogen and oxygen atoms in total. The molecule has 0 saturated carbocycles. The van der Waals surface area contributed by atoms with Crippen LogP contribution in [0.3, 0.4) is 0 Å². The van der Waals surface area contributed by atoms with Gasteiger partial charge < -0.3 is 14.8 Å². The molecule has 0 amide bonds. The molecule has 8 heteroatoms. The van der Waals surface area contributed by atoms with E-state index in [4.69, 9.17) is 5.84 Å². The van der Waals surface area contributed by atoms with Crippen molar-refractivity contribution in [2.45, 2.75) is 20.1 Å². The van der Waals surface area contributed by atoms with Gasteiger partial charge in [0, 0.05) is 18.3 Å². The number of nitrogens with zero attached hydrogens (tertiary/aromatic N) is 1. The minimum atomic E-state index is -3.62. The van der Waals surface area contributed by atoms with Crippen LogP contribution in [0.15, 0.2) is 23.2 Å². The standard InChI is InChI=1S/C12H16F2N4O2/c1-7(2)6-16-11(18-15)17-8-3-4-9-10(5-8)20-12(13,14)19-9/h3-5,7H,6,15H2,1-2H3,(H2,16,17,18). The Kier molecular flexibility index (Phi) is 3.93. The summed E-state index contributed by atoms with van der Waals surface area (Å²) in [5.41, 5.74) is 2.91. The summed E-state index contributed by atoms with van der Waals surface area (Å²) in [6.07, 6.45) is -3.62. The molecule has 1 aliphatic heterocycles. The van der Waals surface area contributed by atoms with Crippen LogP contribution in [0.25, 0.3) is 0 Å². The Morgan fingerprint density at radius 1 is 1.35 bits per heavy atom. The average molecular weight is 286 g/mol. The Morgan fingerprint density at radius 2 is 2.05 bits per heavy atom. The van der Waals surface area contributed by atoms with Crippen molar-refractivity contribution >= 4 is 11.6 Å². The van der Waals surface area contributed by atoms with Crippen LogP contribution in [0.1, 0.15) is 13.8 Å². The van der Waals surface area contributed by atoms with Gasteiger partial charge in [0.1, 0.15) is 0 Å². The summed E-state index contributed by atoms with van der Waals surface area (Å²) in [6.45, 7) is 4.61. The van der Waals surface area contributed by atoms with Gasteiger partial charge in [-0.25, -0.2) is 5.84 Å². The lowest BCUT2D eigenvalue weighted by Gasteiger charge is -2.10. The second-order valence-corrected chi connectivity index (χ2v) is 4.68. The maximum Gasteiger partial charge on any atom is 0.586 e. The van der Waals surface area contributed by atoms with Gasteiger partial charge in [0.05, 0.1) is 0 Å². The number of nitrogens with two attached hydrogens (primary N) is 1. The predicted octanol–water partition coefficient (Wildman–Crippen LogP) is 1.90. The van der Waals surface area contributed by atoms with Gasteiger partial charge >= 0.3 is 6.29 Å². The number of hydrazine groups is 1. The first-order valence-corrected chi connectivity index (χ1v) is 6.07. The third-order valence-electron chi connectivity index (χ3n) is 2.42. The molecular formula is C12H16F2N4O2. The maximum absolute atomic E-state index is 12.9. The number of hydrogen-bond acceptors (Lipinski definition) is 4. The van der Waals surface area contributed by atoms with Crippen molar-refractivity contribution in [3.63, 3.8) is 0 Å². The summed E-state index contributed by atoms with van der Waals surface area (Å²) < 4.78 is 34.4. The molecule has 0 unspecified atom stereocenters. The van der Waals surface area contributed by atoms with Gasteiger partial charge in [0.15, 0.2) is 11.5 Å². The molecule has 20 heavy (non-hydrogen) atoms. The molecule has 1 aliphatic rings. The fourth-order valence-corrected chi connectivity index (χ4v) is 1.56. The van der Waals surface area contributed by atoms with E-state index >= 15 is 0 Å². The molecule has 0 aliphatic carbocycles. The largest absolute Gasteiger partial charge is 0.586 e. The molecular weight excluding hydrogens is 270 g/mol. The highest BCUT2D eigenvalue weighted by Gasteiger charge is 2.43. The average Bonchev–Trinajstić information content (AvgIpc) is 2.67. The first-order valence-electron chi connectivity index (χ1n) is 6.07. The highest BCUT2D eigenvalue weighted by Crippen LogP contribution is 2.42. The molecule has 110 valence electrons. The van der Waals surface area contributed by atoms with E-state index in [9.17, 15) is 8.78 Å². The SMILES string of the molecule is CC(C)CN=C(NN)Nc1ccc2c(c1)OC(F)(F)O2. The number of alkyl halides is 2. The predicted molar refractivity (Wildman–Crippen MR) is 70.7 cm³/mol. The second kappa shape index (κ2) is 5.49. The topological polar surface area (TPSA) is 80.9 Å². The fourth-order valence-electron chi connectivity index (χ4n) is 1.56.